The summed E-state index contributed by atoms with van der Waals surface area (Å²) in [5, 5.41) is 9.33. The van der Waals surface area contributed by atoms with E-state index in [1.807, 2.05) is 12.1 Å². The Morgan fingerprint density at radius 3 is 2.76 bits per heavy atom. The summed E-state index contributed by atoms with van der Waals surface area (Å²) in [7, 11) is 0. The van der Waals surface area contributed by atoms with Gasteiger partial charge in [-0.25, -0.2) is 0 Å². The number of halogens is 1. The summed E-state index contributed by atoms with van der Waals surface area (Å²) in [4.78, 5) is 2.34. The number of para-hydroxylation sites is 1. The van der Waals surface area contributed by atoms with Gasteiger partial charge in [0.25, 0.3) is 0 Å². The van der Waals surface area contributed by atoms with E-state index in [1.165, 1.54) is 5.69 Å². The van der Waals surface area contributed by atoms with Gasteiger partial charge in [-0.1, -0.05) is 12.1 Å². The maximum Gasteiger partial charge on any atom is 0.0611 e. The highest BCUT2D eigenvalue weighted by molar-refractivity contribution is 9.10. The molecule has 1 aromatic carbocycles. The highest BCUT2D eigenvalue weighted by atomic mass is 79.9. The Hall–Kier alpha value is -0.580. The maximum atomic E-state index is 9.33. The number of aliphatic hydroxyl groups excluding tert-OH is 1. The molecular formula is C13H19BrN2O. The Morgan fingerprint density at radius 2 is 2.06 bits per heavy atom. The van der Waals surface area contributed by atoms with Crippen LogP contribution in [0.15, 0.2) is 28.7 Å². The van der Waals surface area contributed by atoms with Crippen LogP contribution in [0.1, 0.15) is 19.3 Å². The van der Waals surface area contributed by atoms with Crippen molar-refractivity contribution in [3.05, 3.63) is 28.7 Å². The minimum absolute atomic E-state index is 0.0802. The van der Waals surface area contributed by atoms with E-state index in [0.717, 1.165) is 36.8 Å². The molecule has 0 amide bonds. The summed E-state index contributed by atoms with van der Waals surface area (Å²) < 4.78 is 1.12. The Balaban J connectivity index is 2.12. The molecule has 1 saturated heterocycles. The second-order valence-corrected chi connectivity index (χ2v) is 5.67. The fourth-order valence-corrected chi connectivity index (χ4v) is 2.86. The normalized spacial score (nSPS) is 25.7. The number of hydrogen-bond donors (Lipinski definition) is 2. The molecule has 1 aliphatic heterocycles. The molecule has 4 heteroatoms. The largest absolute Gasteiger partial charge is 0.394 e. The highest BCUT2D eigenvalue weighted by Crippen LogP contribution is 2.29. The summed E-state index contributed by atoms with van der Waals surface area (Å²) in [5.41, 5.74) is 6.97. The molecule has 1 aromatic rings. The summed E-state index contributed by atoms with van der Waals surface area (Å²) in [6, 6.07) is 8.24. The van der Waals surface area contributed by atoms with Gasteiger partial charge in [-0.05, 0) is 47.3 Å². The van der Waals surface area contributed by atoms with Gasteiger partial charge in [0.1, 0.15) is 0 Å². The SMILES string of the molecule is NC1(CO)CCCN(c2ccccc2Br)CC1. The second kappa shape index (κ2) is 5.38. The van der Waals surface area contributed by atoms with E-state index in [1.54, 1.807) is 0 Å². The van der Waals surface area contributed by atoms with Crippen LogP contribution in [0.4, 0.5) is 5.69 Å². The molecule has 3 nitrogen and oxygen atoms in total. The molecule has 0 aromatic heterocycles. The molecule has 1 atom stereocenters. The lowest BCUT2D eigenvalue weighted by molar-refractivity contribution is 0.183. The van der Waals surface area contributed by atoms with Crippen molar-refractivity contribution in [2.24, 2.45) is 5.73 Å². The van der Waals surface area contributed by atoms with Crippen molar-refractivity contribution < 1.29 is 5.11 Å². The summed E-state index contributed by atoms with van der Waals surface area (Å²) in [6.45, 7) is 1.98. The molecule has 0 radical (unpaired) electrons. The van der Waals surface area contributed by atoms with E-state index in [2.05, 4.69) is 33.0 Å². The quantitative estimate of drug-likeness (QED) is 0.879. The van der Waals surface area contributed by atoms with Crippen molar-refractivity contribution in [1.29, 1.82) is 0 Å². The minimum atomic E-state index is -0.393. The van der Waals surface area contributed by atoms with E-state index < -0.39 is 5.54 Å². The lowest BCUT2D eigenvalue weighted by atomic mass is 9.93. The molecular weight excluding hydrogens is 280 g/mol. The zero-order valence-electron chi connectivity index (χ0n) is 9.90. The van der Waals surface area contributed by atoms with Gasteiger partial charge in [0.05, 0.1) is 12.3 Å². The molecule has 0 bridgehead atoms. The Morgan fingerprint density at radius 1 is 1.29 bits per heavy atom. The topological polar surface area (TPSA) is 49.5 Å². The smallest absolute Gasteiger partial charge is 0.0611 e. The molecule has 17 heavy (non-hydrogen) atoms. The monoisotopic (exact) mass is 298 g/mol. The molecule has 1 fully saturated rings. The number of anilines is 1. The van der Waals surface area contributed by atoms with Crippen LogP contribution in [-0.2, 0) is 0 Å². The second-order valence-electron chi connectivity index (χ2n) is 4.81. The van der Waals surface area contributed by atoms with Crippen molar-refractivity contribution >= 4 is 21.6 Å². The first-order valence-electron chi connectivity index (χ1n) is 6.04. The third-order valence-electron chi connectivity index (χ3n) is 3.49. The van der Waals surface area contributed by atoms with Gasteiger partial charge in [0.2, 0.25) is 0 Å². The van der Waals surface area contributed by atoms with Crippen molar-refractivity contribution in [2.75, 3.05) is 24.6 Å². The van der Waals surface area contributed by atoms with Gasteiger partial charge in [-0.15, -0.1) is 0 Å². The molecule has 1 heterocycles. The average molecular weight is 299 g/mol. The van der Waals surface area contributed by atoms with Crippen LogP contribution in [-0.4, -0.2) is 30.3 Å². The first-order chi connectivity index (χ1) is 8.14. The molecule has 1 aliphatic rings. The van der Waals surface area contributed by atoms with E-state index in [9.17, 15) is 5.11 Å². The lowest BCUT2D eigenvalue weighted by Gasteiger charge is -2.27. The van der Waals surface area contributed by atoms with Gasteiger partial charge >= 0.3 is 0 Å². The van der Waals surface area contributed by atoms with Gasteiger partial charge in [-0.3, -0.25) is 0 Å². The fraction of sp³-hybridized carbons (Fsp3) is 0.538. The van der Waals surface area contributed by atoms with E-state index in [0.29, 0.717) is 0 Å². The Kier molecular flexibility index (Phi) is 4.07. The van der Waals surface area contributed by atoms with Crippen LogP contribution < -0.4 is 10.6 Å². The summed E-state index contributed by atoms with van der Waals surface area (Å²) in [5.74, 6) is 0. The number of hydrogen-bond acceptors (Lipinski definition) is 3. The summed E-state index contributed by atoms with van der Waals surface area (Å²) in [6.07, 6.45) is 2.76. The zero-order valence-corrected chi connectivity index (χ0v) is 11.5. The third kappa shape index (κ3) is 3.00. The van der Waals surface area contributed by atoms with Gasteiger partial charge in [-0.2, -0.15) is 0 Å². The molecule has 0 aliphatic carbocycles. The van der Waals surface area contributed by atoms with Crippen LogP contribution in [0.25, 0.3) is 0 Å². The zero-order chi connectivity index (χ0) is 12.3. The van der Waals surface area contributed by atoms with Gasteiger partial charge < -0.3 is 15.7 Å². The number of aliphatic hydroxyl groups is 1. The Bertz CT molecular complexity index is 385. The number of nitrogens with two attached hydrogens (primary N) is 1. The molecule has 3 N–H and O–H groups in total. The third-order valence-corrected chi connectivity index (χ3v) is 4.16. The van der Waals surface area contributed by atoms with Crippen molar-refractivity contribution in [1.82, 2.24) is 0 Å². The average Bonchev–Trinajstić information content (AvgIpc) is 2.53. The van der Waals surface area contributed by atoms with E-state index in [4.69, 9.17) is 5.73 Å². The molecule has 0 saturated carbocycles. The predicted octanol–water partition coefficient (Wildman–Crippen LogP) is 2.13. The van der Waals surface area contributed by atoms with E-state index in [-0.39, 0.29) is 6.61 Å². The number of nitrogens with zero attached hydrogens (tertiary/aromatic N) is 1. The van der Waals surface area contributed by atoms with Crippen LogP contribution in [0, 0.1) is 0 Å². The summed E-state index contributed by atoms with van der Waals surface area (Å²) >= 11 is 3.58. The van der Waals surface area contributed by atoms with E-state index >= 15 is 0 Å². The van der Waals surface area contributed by atoms with Crippen LogP contribution in [0.2, 0.25) is 0 Å². The maximum absolute atomic E-state index is 9.33. The number of rotatable bonds is 2. The van der Waals surface area contributed by atoms with Crippen molar-refractivity contribution in [3.63, 3.8) is 0 Å². The highest BCUT2D eigenvalue weighted by Gasteiger charge is 2.28. The Labute approximate surface area is 111 Å². The number of benzene rings is 1. The van der Waals surface area contributed by atoms with Crippen molar-refractivity contribution in [2.45, 2.75) is 24.8 Å². The van der Waals surface area contributed by atoms with Gasteiger partial charge in [0, 0.05) is 23.1 Å². The first-order valence-corrected chi connectivity index (χ1v) is 6.83. The van der Waals surface area contributed by atoms with Crippen LogP contribution in [0.3, 0.4) is 0 Å². The molecule has 1 unspecified atom stereocenters. The van der Waals surface area contributed by atoms with Crippen LogP contribution >= 0.6 is 15.9 Å². The standard InChI is InChI=1S/C13H19BrN2O/c14-11-4-1-2-5-12(11)16-8-3-6-13(15,10-17)7-9-16/h1-2,4-5,17H,3,6-10,15H2. The molecule has 0 spiro atoms. The first kappa shape index (κ1) is 12.9. The molecule has 94 valence electrons. The van der Waals surface area contributed by atoms with Gasteiger partial charge in [0.15, 0.2) is 0 Å². The fourth-order valence-electron chi connectivity index (χ4n) is 2.32. The minimum Gasteiger partial charge on any atom is -0.394 e. The van der Waals surface area contributed by atoms with Crippen molar-refractivity contribution in [3.8, 4) is 0 Å². The lowest BCUT2D eigenvalue weighted by Crippen LogP contribution is -2.44. The van der Waals surface area contributed by atoms with Crippen LogP contribution in [0.5, 0.6) is 0 Å². The predicted molar refractivity (Wildman–Crippen MR) is 74.2 cm³/mol. The molecule has 2 rings (SSSR count).